The second kappa shape index (κ2) is 54.2. The number of benzene rings is 9. The number of aromatic nitrogens is 2. The molecule has 1 fully saturated rings. The van der Waals surface area contributed by atoms with Gasteiger partial charge in [-0.05, 0) is 309 Å². The van der Waals surface area contributed by atoms with Gasteiger partial charge in [0.2, 0.25) is 10.3 Å². The molecule has 28 heteroatoms. The van der Waals surface area contributed by atoms with Gasteiger partial charge in [0.25, 0.3) is 0 Å². The third kappa shape index (κ3) is 33.3. The average Bonchev–Trinajstić information content (AvgIpc) is 1.08. The second-order valence-corrected chi connectivity index (χ2v) is 32.5. The Bertz CT molecular complexity index is 5620. The Hall–Kier alpha value is -14.4. The number of ether oxygens (including phenoxy) is 12. The van der Waals surface area contributed by atoms with E-state index in [1.165, 1.54) is 22.7 Å². The van der Waals surface area contributed by atoms with Gasteiger partial charge in [-0.25, -0.2) is 48.3 Å². The van der Waals surface area contributed by atoms with Crippen LogP contribution in [0.5, 0.6) is 40.2 Å². The van der Waals surface area contributed by atoms with Crippen LogP contribution in [0.3, 0.4) is 0 Å². The number of unbranched alkanes of at least 4 members (excludes halogenated alkanes) is 12. The molecule has 11 aromatic rings. The van der Waals surface area contributed by atoms with Crippen LogP contribution < -0.4 is 44.0 Å². The highest BCUT2D eigenvalue weighted by atomic mass is 32.1. The van der Waals surface area contributed by atoms with Gasteiger partial charge in [0, 0.05) is 35.4 Å². The topological polar surface area (TPSA) is 322 Å². The van der Waals surface area contributed by atoms with Crippen molar-refractivity contribution < 1.29 is 95.2 Å². The summed E-state index contributed by atoms with van der Waals surface area (Å²) in [5.41, 5.74) is 13.3. The molecule has 0 spiro atoms. The Balaban J connectivity index is 0.000000255. The van der Waals surface area contributed by atoms with Crippen LogP contribution in [-0.4, -0.2) is 129 Å². The minimum absolute atomic E-state index is 0.201. The molecular weight excluding hydrogens is 1720 g/mol. The van der Waals surface area contributed by atoms with Crippen LogP contribution in [0.1, 0.15) is 192 Å². The predicted molar refractivity (Wildman–Crippen MR) is 512 cm³/mol. The van der Waals surface area contributed by atoms with Crippen LogP contribution in [-0.2, 0) is 42.9 Å². The summed E-state index contributed by atoms with van der Waals surface area (Å²) in [5, 5.41) is 10.2. The van der Waals surface area contributed by atoms with E-state index in [1.807, 2.05) is 78.9 Å². The first-order valence-electron chi connectivity index (χ1n) is 44.2. The summed E-state index contributed by atoms with van der Waals surface area (Å²) in [6.07, 6.45) is 24.7. The zero-order chi connectivity index (χ0) is 92.7. The van der Waals surface area contributed by atoms with Crippen molar-refractivity contribution in [2.75, 3.05) is 63.7 Å². The molecule has 2 heterocycles. The number of para-hydroxylation sites is 2. The van der Waals surface area contributed by atoms with Crippen molar-refractivity contribution in [2.45, 2.75) is 140 Å². The molecular formula is C104H108N6O20S2. The van der Waals surface area contributed by atoms with Crippen LogP contribution in [0, 0.1) is 0 Å². The minimum atomic E-state index is -0.538. The molecule has 0 radical (unpaired) electrons. The first kappa shape index (κ1) is 98.2. The lowest BCUT2D eigenvalue weighted by molar-refractivity contribution is -0.138. The van der Waals surface area contributed by atoms with Crippen LogP contribution in [0.15, 0.2) is 267 Å². The fraction of sp³-hybridized carbons (Fsp3) is 0.288. The Morgan fingerprint density at radius 1 is 0.348 bits per heavy atom. The number of anilines is 2. The van der Waals surface area contributed by atoms with E-state index in [-0.39, 0.29) is 18.0 Å². The summed E-state index contributed by atoms with van der Waals surface area (Å²) in [4.78, 5) is 107. The van der Waals surface area contributed by atoms with E-state index in [9.17, 15) is 38.4 Å². The van der Waals surface area contributed by atoms with Crippen molar-refractivity contribution in [3.05, 3.63) is 296 Å². The summed E-state index contributed by atoms with van der Waals surface area (Å²) < 4.78 is 68.8. The molecule has 0 saturated heterocycles. The van der Waals surface area contributed by atoms with Crippen LogP contribution in [0.4, 0.5) is 10.3 Å². The lowest BCUT2D eigenvalue weighted by Crippen LogP contribution is -2.24. The number of esters is 8. The smallest absolute Gasteiger partial charge is 0.343 e. The van der Waals surface area contributed by atoms with E-state index in [4.69, 9.17) is 56.8 Å². The molecule has 132 heavy (non-hydrogen) atoms. The first-order chi connectivity index (χ1) is 64.5. The standard InChI is InChI=1S/C52H57N3O10S.C52H51N3O10S/c1-3-48(56)62-33-13-7-5-11-31-60-42-24-19-38(20-25-42)50(58)64-44-28-17-37(18-29-44)40-23-30-46(41(35-40)36-53-55-52-54-45-15-9-10-16-47(45)66-52)65-51(59)39-21-26-43(27-22-39)61-32-12-6-8-14-34-63-49(57)4-2;1-3-48(56)62-33-13-7-5-11-31-60-41-23-19-38(20-24-41)50(58)64-43-27-17-37(18-28-43)45-30-29-44(35-40(45)36-53-55-52-54-46-15-9-10-16-47(46)66-52)65-51(59)39-21-25-42(26-22-39)61-32-12-6-8-14-34-63-49(57)4-2/h3-4,9-10,15-16,19-27,30,35-37,44H,1-2,5-8,11-14,17-18,28-29,31-34H2,(H,54,55);3-4,9-10,15-30,35-36H,1-2,5-8,11-14,31-34H2,(H,54,55)/b2*53-36+. The number of nitrogens with zero attached hydrogens (tertiary/aromatic N) is 4. The van der Waals surface area contributed by atoms with E-state index in [0.29, 0.717) is 150 Å². The highest BCUT2D eigenvalue weighted by molar-refractivity contribution is 7.22. The average molecular weight is 1830 g/mol. The van der Waals surface area contributed by atoms with Crippen LogP contribution in [0.2, 0.25) is 0 Å². The van der Waals surface area contributed by atoms with Crippen molar-refractivity contribution in [3.63, 3.8) is 0 Å². The Kier molecular flexibility index (Phi) is 40.3. The molecule has 2 N–H and O–H groups in total. The molecule has 1 aliphatic carbocycles. The van der Waals surface area contributed by atoms with Crippen molar-refractivity contribution >= 4 is 114 Å². The van der Waals surface area contributed by atoms with Gasteiger partial charge in [-0.15, -0.1) is 0 Å². The summed E-state index contributed by atoms with van der Waals surface area (Å²) in [6, 6.07) is 61.3. The van der Waals surface area contributed by atoms with Crippen molar-refractivity contribution in [2.24, 2.45) is 10.2 Å². The molecule has 0 aliphatic heterocycles. The molecule has 0 bridgehead atoms. The second-order valence-electron chi connectivity index (χ2n) is 30.5. The number of thiazole rings is 2. The maximum atomic E-state index is 13.4. The van der Waals surface area contributed by atoms with Crippen molar-refractivity contribution in [1.29, 1.82) is 0 Å². The van der Waals surface area contributed by atoms with E-state index in [2.05, 4.69) is 57.3 Å². The number of nitrogens with one attached hydrogen (secondary N) is 2. The fourth-order valence-electron chi connectivity index (χ4n) is 13.7. The molecule has 26 nitrogen and oxygen atoms in total. The summed E-state index contributed by atoms with van der Waals surface area (Å²) >= 11 is 2.97. The number of hydrogen-bond donors (Lipinski definition) is 2. The number of hydrogen-bond acceptors (Lipinski definition) is 28. The SMILES string of the molecule is C=CC(=O)OCCCCCCOc1ccc(C(=O)Oc2ccc(-c3ccc(OC(=O)c4ccc(OCCCCCCOC(=O)C=C)cc4)cc3/C=N/Nc3nc4ccccc4s3)cc2)cc1.C=CC(=O)OCCCCCCOc1ccc(C(=O)Oc2ccc(C3CCC(OC(=O)c4ccc(OCCCCCCOC(=O)C=C)cc4)CC3)cc2/C=N/Nc2nc3ccccc3s2)cc1. The Morgan fingerprint density at radius 2 is 0.697 bits per heavy atom. The van der Waals surface area contributed by atoms with Crippen molar-refractivity contribution in [1.82, 2.24) is 9.97 Å². The summed E-state index contributed by atoms with van der Waals surface area (Å²) in [6.45, 7) is 17.2. The van der Waals surface area contributed by atoms with E-state index in [1.54, 1.807) is 140 Å². The van der Waals surface area contributed by atoms with Crippen LogP contribution >= 0.6 is 22.7 Å². The Morgan fingerprint density at radius 3 is 1.09 bits per heavy atom. The monoisotopic (exact) mass is 1820 g/mol. The molecule has 2 aromatic heterocycles. The van der Waals surface area contributed by atoms with Gasteiger partial charge in [-0.2, -0.15) is 10.2 Å². The summed E-state index contributed by atoms with van der Waals surface area (Å²) in [7, 11) is 0. The van der Waals surface area contributed by atoms with Gasteiger partial charge in [-0.1, -0.05) is 97.5 Å². The zero-order valence-corrected chi connectivity index (χ0v) is 75.3. The van der Waals surface area contributed by atoms with Gasteiger partial charge in [0.05, 0.1) is 108 Å². The number of rotatable bonds is 52. The van der Waals surface area contributed by atoms with Gasteiger partial charge in [0.1, 0.15) is 46.4 Å². The molecule has 0 unspecified atom stereocenters. The maximum absolute atomic E-state index is 13.4. The lowest BCUT2D eigenvalue weighted by atomic mass is 9.82. The molecule has 1 aliphatic rings. The molecule has 12 rings (SSSR count). The van der Waals surface area contributed by atoms with Gasteiger partial charge in [0.15, 0.2) is 0 Å². The largest absolute Gasteiger partial charge is 0.494 e. The maximum Gasteiger partial charge on any atom is 0.343 e. The lowest BCUT2D eigenvalue weighted by Gasteiger charge is -2.29. The summed E-state index contributed by atoms with van der Waals surface area (Å²) in [5.74, 6) is 0.305. The Labute approximate surface area is 775 Å². The minimum Gasteiger partial charge on any atom is -0.494 e. The first-order valence-corrected chi connectivity index (χ1v) is 45.8. The van der Waals surface area contributed by atoms with E-state index in [0.717, 1.165) is 177 Å². The van der Waals surface area contributed by atoms with Gasteiger partial charge in [-0.3, -0.25) is 10.9 Å². The quantitative estimate of drug-likeness (QED) is 0.00680. The van der Waals surface area contributed by atoms with Gasteiger partial charge >= 0.3 is 47.8 Å². The van der Waals surface area contributed by atoms with E-state index < -0.39 is 41.8 Å². The number of carbonyl (C=O) groups is 8. The van der Waals surface area contributed by atoms with E-state index >= 15 is 0 Å². The third-order valence-electron chi connectivity index (χ3n) is 20.8. The molecule has 0 atom stereocenters. The van der Waals surface area contributed by atoms with Gasteiger partial charge < -0.3 is 56.8 Å². The van der Waals surface area contributed by atoms with Crippen LogP contribution in [0.25, 0.3) is 31.6 Å². The highest BCUT2D eigenvalue weighted by Gasteiger charge is 2.27. The number of fused-ring (bicyclic) bond motifs is 2. The predicted octanol–water partition coefficient (Wildman–Crippen LogP) is 22.4. The molecule has 0 amide bonds. The molecule has 9 aromatic carbocycles. The number of carbonyl (C=O) groups excluding carboxylic acids is 8. The van der Waals surface area contributed by atoms with Crippen molar-refractivity contribution in [3.8, 4) is 51.4 Å². The zero-order valence-electron chi connectivity index (χ0n) is 73.6. The third-order valence-corrected chi connectivity index (χ3v) is 22.7. The number of hydrazone groups is 2. The highest BCUT2D eigenvalue weighted by Crippen LogP contribution is 2.38. The fourth-order valence-corrected chi connectivity index (χ4v) is 15.4. The molecule has 1 saturated carbocycles. The molecule has 686 valence electrons. The normalized spacial score (nSPS) is 12.7.